The topological polar surface area (TPSA) is 92.2 Å². The number of aromatic nitrogens is 1. The van der Waals surface area contributed by atoms with Crippen molar-refractivity contribution >= 4 is 18.3 Å². The third kappa shape index (κ3) is 7.95. The number of rotatable bonds is 12. The number of hydrogen-bond acceptors (Lipinski definition) is 8. The van der Waals surface area contributed by atoms with Crippen molar-refractivity contribution < 1.29 is 50.5 Å². The normalized spacial score (nSPS) is 17.3. The molecular weight excluding hydrogens is 656 g/mol. The van der Waals surface area contributed by atoms with E-state index in [-0.39, 0.29) is 49.7 Å². The first-order valence-electron chi connectivity index (χ1n) is 16.0. The highest BCUT2D eigenvalue weighted by Crippen LogP contribution is 2.44. The van der Waals surface area contributed by atoms with E-state index in [0.29, 0.717) is 47.6 Å². The zero-order chi connectivity index (χ0) is 35.7. The van der Waals surface area contributed by atoms with Crippen LogP contribution in [0.15, 0.2) is 42.5 Å². The molecule has 1 saturated heterocycles. The zero-order valence-electron chi connectivity index (χ0n) is 27.2. The molecule has 49 heavy (non-hydrogen) atoms. The molecule has 1 aromatic heterocycles. The van der Waals surface area contributed by atoms with Gasteiger partial charge in [0.1, 0.15) is 17.7 Å². The van der Waals surface area contributed by atoms with Crippen LogP contribution in [-0.4, -0.2) is 60.2 Å². The van der Waals surface area contributed by atoms with E-state index >= 15 is 0 Å². The Labute approximate surface area is 279 Å². The summed E-state index contributed by atoms with van der Waals surface area (Å²) in [6.45, 7) is 5.09. The van der Waals surface area contributed by atoms with Crippen molar-refractivity contribution in [3.8, 4) is 16.9 Å². The first-order valence-corrected chi connectivity index (χ1v) is 16.0. The van der Waals surface area contributed by atoms with Gasteiger partial charge in [-0.2, -0.15) is 26.3 Å². The van der Waals surface area contributed by atoms with E-state index in [0.717, 1.165) is 30.6 Å². The lowest BCUT2D eigenvalue weighted by Crippen LogP contribution is -2.38. The van der Waals surface area contributed by atoms with Gasteiger partial charge in [-0.25, -0.2) is 4.98 Å². The molecule has 1 fully saturated rings. The third-order valence-corrected chi connectivity index (χ3v) is 9.28. The number of nitrogens with zero attached hydrogens (tertiary/aromatic N) is 3. The van der Waals surface area contributed by atoms with Gasteiger partial charge in [0.2, 0.25) is 0 Å². The number of alkyl halides is 6. The highest BCUT2D eigenvalue weighted by Gasteiger charge is 2.39. The van der Waals surface area contributed by atoms with E-state index in [1.165, 1.54) is 6.92 Å². The molecule has 3 aromatic rings. The standard InChI is InChI=1S/C35H37F6N3O5/c1-4-48-32(47)15-22-7-6-21-14-30(46)28(17-27(21)22)26-8-9-31(44-10-5-11-44)42-29(26)18-43(3)20(2)33(49-19-45)23-12-24(34(36,37)38)16-25(13-23)35(39,40)41/h8-9,12-14,16-17,19-20,22,33,46H,4-7,10-11,15,18H2,1-3H3/t20-,22?,33-/m0/s1. The second kappa shape index (κ2) is 14.3. The molecule has 2 aliphatic rings. The largest absolute Gasteiger partial charge is 0.507 e. The van der Waals surface area contributed by atoms with Crippen molar-refractivity contribution in [3.63, 3.8) is 0 Å². The van der Waals surface area contributed by atoms with Gasteiger partial charge in [-0.1, -0.05) is 0 Å². The fourth-order valence-corrected chi connectivity index (χ4v) is 6.44. The SMILES string of the molecule is CCOC(=O)CC1CCc2cc(O)c(-c3ccc(N4CCC4)nc3CN(C)[C@@H](C)[C@H](OC=O)c3cc(C(F)(F)F)cc(C(F)(F)F)c3)cc21. The van der Waals surface area contributed by atoms with Gasteiger partial charge in [0.15, 0.2) is 0 Å². The van der Waals surface area contributed by atoms with Gasteiger partial charge in [0.05, 0.1) is 29.8 Å². The van der Waals surface area contributed by atoms with Gasteiger partial charge in [-0.05, 0) is 105 Å². The predicted octanol–water partition coefficient (Wildman–Crippen LogP) is 7.42. The van der Waals surface area contributed by atoms with Gasteiger partial charge < -0.3 is 19.5 Å². The predicted molar refractivity (Wildman–Crippen MR) is 168 cm³/mol. The van der Waals surface area contributed by atoms with Crippen LogP contribution in [0.25, 0.3) is 11.1 Å². The average Bonchev–Trinajstić information content (AvgIpc) is 3.38. The maximum absolute atomic E-state index is 13.7. The Morgan fingerprint density at radius 3 is 2.31 bits per heavy atom. The van der Waals surface area contributed by atoms with Crippen molar-refractivity contribution in [2.45, 2.75) is 76.5 Å². The summed E-state index contributed by atoms with van der Waals surface area (Å²) >= 11 is 0. The number of likely N-dealkylation sites (N-methyl/N-ethyl adjacent to an activating group) is 1. The number of aryl methyl sites for hydroxylation is 1. The smallest absolute Gasteiger partial charge is 0.416 e. The number of aromatic hydroxyl groups is 1. The minimum atomic E-state index is -5.08. The first-order chi connectivity index (χ1) is 23.1. The maximum atomic E-state index is 13.7. The summed E-state index contributed by atoms with van der Waals surface area (Å²) in [4.78, 5) is 32.4. The summed E-state index contributed by atoms with van der Waals surface area (Å²) in [5.41, 5.74) is -0.208. The third-order valence-electron chi connectivity index (χ3n) is 9.28. The number of carbonyl (C=O) groups is 2. The second-order valence-electron chi connectivity index (χ2n) is 12.5. The fraction of sp³-hybridized carbons (Fsp3) is 0.457. The van der Waals surface area contributed by atoms with E-state index in [1.807, 2.05) is 23.1 Å². The molecule has 3 atom stereocenters. The number of phenols is 1. The average molecular weight is 694 g/mol. The molecule has 2 aromatic carbocycles. The molecule has 0 bridgehead atoms. The number of phenolic OH excluding ortho intramolecular Hbond substituents is 1. The van der Waals surface area contributed by atoms with Crippen LogP contribution in [-0.2, 0) is 44.4 Å². The molecule has 2 heterocycles. The summed E-state index contributed by atoms with van der Waals surface area (Å²) in [5.74, 6) is 0.238. The number of fused-ring (bicyclic) bond motifs is 1. The Bertz CT molecular complexity index is 1660. The van der Waals surface area contributed by atoms with Crippen LogP contribution >= 0.6 is 0 Å². The van der Waals surface area contributed by atoms with E-state index in [4.69, 9.17) is 14.5 Å². The van der Waals surface area contributed by atoms with Crippen LogP contribution in [0, 0.1) is 0 Å². The lowest BCUT2D eigenvalue weighted by atomic mass is 9.92. The summed E-state index contributed by atoms with van der Waals surface area (Å²) in [6.07, 6.45) is -9.12. The minimum absolute atomic E-state index is 0.00297. The van der Waals surface area contributed by atoms with Crippen molar-refractivity contribution in [1.29, 1.82) is 0 Å². The van der Waals surface area contributed by atoms with Gasteiger partial charge in [-0.3, -0.25) is 14.5 Å². The summed E-state index contributed by atoms with van der Waals surface area (Å²) < 4.78 is 92.3. The number of ether oxygens (including phenoxy) is 2. The number of hydrogen-bond donors (Lipinski definition) is 1. The van der Waals surface area contributed by atoms with Crippen LogP contribution in [0.3, 0.4) is 0 Å². The molecule has 0 saturated carbocycles. The molecule has 8 nitrogen and oxygen atoms in total. The Kier molecular flexibility index (Phi) is 10.5. The Balaban J connectivity index is 1.52. The molecule has 0 radical (unpaired) electrons. The highest BCUT2D eigenvalue weighted by atomic mass is 19.4. The van der Waals surface area contributed by atoms with Crippen molar-refractivity contribution in [2.75, 3.05) is 31.6 Å². The van der Waals surface area contributed by atoms with Crippen LogP contribution in [0.2, 0.25) is 0 Å². The minimum Gasteiger partial charge on any atom is -0.507 e. The van der Waals surface area contributed by atoms with Gasteiger partial charge >= 0.3 is 18.3 Å². The molecule has 1 N–H and O–H groups in total. The van der Waals surface area contributed by atoms with Crippen LogP contribution in [0.4, 0.5) is 32.2 Å². The quantitative estimate of drug-likeness (QED) is 0.119. The summed E-state index contributed by atoms with van der Waals surface area (Å²) in [5, 5.41) is 11.2. The molecule has 14 heteroatoms. The number of pyridine rings is 1. The first kappa shape index (κ1) is 36.0. The van der Waals surface area contributed by atoms with E-state index in [9.17, 15) is 41.0 Å². The molecule has 264 valence electrons. The van der Waals surface area contributed by atoms with Crippen molar-refractivity contribution in [2.24, 2.45) is 0 Å². The summed E-state index contributed by atoms with van der Waals surface area (Å²) in [6, 6.07) is 7.35. The van der Waals surface area contributed by atoms with Crippen molar-refractivity contribution in [1.82, 2.24) is 9.88 Å². The Morgan fingerprint density at radius 2 is 1.73 bits per heavy atom. The Hall–Kier alpha value is -4.33. The maximum Gasteiger partial charge on any atom is 0.416 e. The van der Waals surface area contributed by atoms with Gasteiger partial charge in [0.25, 0.3) is 6.47 Å². The highest BCUT2D eigenvalue weighted by molar-refractivity contribution is 5.76. The van der Waals surface area contributed by atoms with E-state index in [1.54, 1.807) is 24.9 Å². The fourth-order valence-electron chi connectivity index (χ4n) is 6.44. The molecule has 1 unspecified atom stereocenters. The van der Waals surface area contributed by atoms with Crippen molar-refractivity contribution in [3.05, 3.63) is 76.0 Å². The second-order valence-corrected chi connectivity index (χ2v) is 12.5. The lowest BCUT2D eigenvalue weighted by molar-refractivity contribution is -0.144. The number of anilines is 1. The lowest BCUT2D eigenvalue weighted by Gasteiger charge is -2.34. The number of esters is 1. The van der Waals surface area contributed by atoms with Gasteiger partial charge in [-0.15, -0.1) is 0 Å². The zero-order valence-corrected chi connectivity index (χ0v) is 27.2. The van der Waals surface area contributed by atoms with Crippen LogP contribution < -0.4 is 4.90 Å². The van der Waals surface area contributed by atoms with Crippen LogP contribution in [0.1, 0.15) is 78.6 Å². The molecule has 5 rings (SSSR count). The monoisotopic (exact) mass is 693 g/mol. The molecule has 1 aliphatic carbocycles. The molecule has 0 amide bonds. The number of benzene rings is 2. The number of halogens is 6. The van der Waals surface area contributed by atoms with E-state index in [2.05, 4.69) is 0 Å². The van der Waals surface area contributed by atoms with Gasteiger partial charge in [0, 0.05) is 36.8 Å². The Morgan fingerprint density at radius 1 is 1.06 bits per heavy atom. The summed E-state index contributed by atoms with van der Waals surface area (Å²) in [7, 11) is 1.59. The van der Waals surface area contributed by atoms with E-state index < -0.39 is 41.2 Å². The van der Waals surface area contributed by atoms with Crippen LogP contribution in [0.5, 0.6) is 5.75 Å². The molecule has 1 aliphatic heterocycles. The number of carbonyl (C=O) groups excluding carboxylic acids is 2. The molecular formula is C35H37F6N3O5. The molecule has 0 spiro atoms.